The van der Waals surface area contributed by atoms with Gasteiger partial charge in [0, 0.05) is 29.6 Å². The van der Waals surface area contributed by atoms with E-state index in [1.54, 1.807) is 49.0 Å². The molecular weight excluding hydrogens is 462 g/mol. The number of pyridine rings is 2. The monoisotopic (exact) mass is 482 g/mol. The van der Waals surface area contributed by atoms with Crippen LogP contribution >= 0.6 is 0 Å². The van der Waals surface area contributed by atoms with Gasteiger partial charge in [0.2, 0.25) is 5.88 Å². The molecule has 1 aromatic carbocycles. The number of aromatic nitrogens is 3. The van der Waals surface area contributed by atoms with Crippen LogP contribution in [0.3, 0.4) is 0 Å². The van der Waals surface area contributed by atoms with Crippen molar-refractivity contribution < 1.29 is 22.8 Å². The molecule has 0 bridgehead atoms. The summed E-state index contributed by atoms with van der Waals surface area (Å²) in [6.45, 7) is 3.18. The molecule has 3 heterocycles. The van der Waals surface area contributed by atoms with Crippen molar-refractivity contribution in [1.29, 1.82) is 0 Å². The van der Waals surface area contributed by atoms with Crippen LogP contribution in [0.1, 0.15) is 19.5 Å². The van der Waals surface area contributed by atoms with Gasteiger partial charge in [-0.25, -0.2) is 23.0 Å². The molecule has 0 aliphatic carbocycles. The fourth-order valence-corrected chi connectivity index (χ4v) is 3.97. The number of imidazole rings is 1. The van der Waals surface area contributed by atoms with E-state index in [1.807, 2.05) is 6.07 Å². The first kappa shape index (κ1) is 23.4. The number of anilines is 1. The van der Waals surface area contributed by atoms with Gasteiger partial charge in [0.05, 0.1) is 18.2 Å². The van der Waals surface area contributed by atoms with Gasteiger partial charge in [-0.05, 0) is 50.1 Å². The lowest BCUT2D eigenvalue weighted by Crippen LogP contribution is -2.14. The number of nitrogens with one attached hydrogen (secondary N) is 1. The van der Waals surface area contributed by atoms with Crippen molar-refractivity contribution in [2.75, 3.05) is 11.8 Å². The third-order valence-corrected chi connectivity index (χ3v) is 5.81. The number of aliphatic hydroxyl groups is 1. The molecule has 7 nitrogen and oxygen atoms in total. The third kappa shape index (κ3) is 5.06. The minimum Gasteiger partial charge on any atom is -0.480 e. The molecule has 2 N–H and O–H groups in total. The maximum Gasteiger partial charge on any atom is 0.238 e. The second-order valence-electron chi connectivity index (χ2n) is 7.82. The zero-order chi connectivity index (χ0) is 24.5. The lowest BCUT2D eigenvalue weighted by molar-refractivity contribution is 0.143. The van der Waals surface area contributed by atoms with E-state index in [1.165, 1.54) is 7.11 Å². The highest BCUT2D eigenvalue weighted by molar-refractivity contribution is 7.86. The Bertz CT molecular complexity index is 1470. The number of hydrogen-bond donors (Lipinski definition) is 2. The molecule has 1 unspecified atom stereocenters. The number of nitrogens with zero attached hydrogens (tertiary/aromatic N) is 3. The van der Waals surface area contributed by atoms with Crippen LogP contribution in [0.25, 0.3) is 16.8 Å². The number of hydrogen-bond acceptors (Lipinski definition) is 5. The number of fused-ring (bicyclic) bond motifs is 1. The molecule has 4 rings (SSSR count). The molecule has 0 amide bonds. The highest BCUT2D eigenvalue weighted by Gasteiger charge is 2.16. The van der Waals surface area contributed by atoms with Gasteiger partial charge in [-0.15, -0.1) is 0 Å². The van der Waals surface area contributed by atoms with E-state index in [4.69, 9.17) is 4.74 Å². The summed E-state index contributed by atoms with van der Waals surface area (Å²) in [7, 11) is -0.628. The van der Waals surface area contributed by atoms with Crippen molar-refractivity contribution in [3.05, 3.63) is 72.3 Å². The van der Waals surface area contributed by atoms with Gasteiger partial charge in [0.25, 0.3) is 0 Å². The number of halogens is 2. The first-order valence-electron chi connectivity index (χ1n) is 10.0. The lowest BCUT2D eigenvalue weighted by Gasteiger charge is -2.12. The molecule has 174 valence electrons. The SMILES string of the molecule is COc1ncc(-c2ccc3ncc(C#CC(C)(C)O)n3c2)cc1NS(=O)c1ccc(F)cc1F. The molecule has 34 heavy (non-hydrogen) atoms. The summed E-state index contributed by atoms with van der Waals surface area (Å²) in [6, 6.07) is 8.10. The van der Waals surface area contributed by atoms with Crippen LogP contribution in [0.4, 0.5) is 14.5 Å². The highest BCUT2D eigenvalue weighted by atomic mass is 32.2. The van der Waals surface area contributed by atoms with Crippen molar-refractivity contribution in [3.63, 3.8) is 0 Å². The summed E-state index contributed by atoms with van der Waals surface area (Å²) in [5.41, 5.74) is 1.76. The van der Waals surface area contributed by atoms with Crippen LogP contribution in [0.2, 0.25) is 0 Å². The lowest BCUT2D eigenvalue weighted by atomic mass is 10.1. The smallest absolute Gasteiger partial charge is 0.238 e. The normalized spacial score (nSPS) is 12.2. The van der Waals surface area contributed by atoms with E-state index in [9.17, 15) is 18.1 Å². The second-order valence-corrected chi connectivity index (χ2v) is 9.01. The van der Waals surface area contributed by atoms with Crippen molar-refractivity contribution in [2.45, 2.75) is 24.3 Å². The Hall–Kier alpha value is -3.81. The van der Waals surface area contributed by atoms with Crippen molar-refractivity contribution >= 4 is 22.3 Å². The highest BCUT2D eigenvalue weighted by Crippen LogP contribution is 2.30. The van der Waals surface area contributed by atoms with Crippen LogP contribution < -0.4 is 9.46 Å². The van der Waals surface area contributed by atoms with Crippen molar-refractivity contribution in [2.24, 2.45) is 0 Å². The summed E-state index contributed by atoms with van der Waals surface area (Å²) in [5, 5.41) is 9.89. The molecular formula is C24H20F2N4O3S. The van der Waals surface area contributed by atoms with Gasteiger partial charge in [-0.3, -0.25) is 9.12 Å². The summed E-state index contributed by atoms with van der Waals surface area (Å²) in [4.78, 5) is 8.37. The quantitative estimate of drug-likeness (QED) is 0.421. The van der Waals surface area contributed by atoms with Gasteiger partial charge in [-0.2, -0.15) is 0 Å². The molecule has 0 aliphatic rings. The zero-order valence-electron chi connectivity index (χ0n) is 18.5. The Morgan fingerprint density at radius 1 is 1.12 bits per heavy atom. The summed E-state index contributed by atoms with van der Waals surface area (Å²) >= 11 is 0. The van der Waals surface area contributed by atoms with Crippen molar-refractivity contribution in [1.82, 2.24) is 14.4 Å². The standard InChI is InChI=1S/C24H20F2N4O3S/c1-24(2,31)9-8-18-13-27-22-7-4-15(14-30(18)22)16-10-20(23(33-3)28-12-16)29-34(32)21-6-5-17(25)11-19(21)26/h4-7,10-14,29,31H,1-3H3. The van der Waals surface area contributed by atoms with Crippen LogP contribution in [-0.4, -0.2) is 36.4 Å². The van der Waals surface area contributed by atoms with Gasteiger partial charge in [0.15, 0.2) is 11.0 Å². The Kier molecular flexibility index (Phi) is 6.32. The summed E-state index contributed by atoms with van der Waals surface area (Å²) < 4.78 is 49.7. The topological polar surface area (TPSA) is 88.8 Å². The van der Waals surface area contributed by atoms with Crippen LogP contribution in [0.5, 0.6) is 5.88 Å². The number of ether oxygens (including phenoxy) is 1. The second kappa shape index (κ2) is 9.21. The summed E-state index contributed by atoms with van der Waals surface area (Å²) in [5.74, 6) is 4.14. The first-order chi connectivity index (χ1) is 16.1. The predicted octanol–water partition coefficient (Wildman–Crippen LogP) is 3.94. The van der Waals surface area contributed by atoms with E-state index in [0.29, 0.717) is 23.0 Å². The fraction of sp³-hybridized carbons (Fsp3) is 0.167. The van der Waals surface area contributed by atoms with E-state index >= 15 is 0 Å². The summed E-state index contributed by atoms with van der Waals surface area (Å²) in [6.07, 6.45) is 4.99. The Morgan fingerprint density at radius 3 is 2.62 bits per heavy atom. The molecule has 4 aromatic rings. The van der Waals surface area contributed by atoms with E-state index in [-0.39, 0.29) is 16.5 Å². The van der Waals surface area contributed by atoms with Gasteiger partial charge < -0.3 is 9.84 Å². The number of benzene rings is 1. The number of methoxy groups -OCH3 is 1. The number of rotatable bonds is 5. The molecule has 0 radical (unpaired) electrons. The van der Waals surface area contributed by atoms with E-state index in [2.05, 4.69) is 26.5 Å². The Balaban J connectivity index is 1.71. The first-order valence-corrected chi connectivity index (χ1v) is 11.2. The predicted molar refractivity (Wildman–Crippen MR) is 125 cm³/mol. The van der Waals surface area contributed by atoms with Gasteiger partial charge in [-0.1, -0.05) is 5.92 Å². The average Bonchev–Trinajstić information content (AvgIpc) is 3.19. The van der Waals surface area contributed by atoms with Gasteiger partial charge in [0.1, 0.15) is 34.3 Å². The molecule has 10 heteroatoms. The molecule has 0 saturated heterocycles. The van der Waals surface area contributed by atoms with Gasteiger partial charge >= 0.3 is 0 Å². The largest absolute Gasteiger partial charge is 0.480 e. The van der Waals surface area contributed by atoms with E-state index < -0.39 is 28.2 Å². The Labute approximate surface area is 197 Å². The van der Waals surface area contributed by atoms with Crippen molar-refractivity contribution in [3.8, 4) is 28.8 Å². The molecule has 0 spiro atoms. The van der Waals surface area contributed by atoms with Crippen LogP contribution in [-0.2, 0) is 11.0 Å². The third-order valence-electron chi connectivity index (χ3n) is 4.68. The molecule has 0 saturated carbocycles. The maximum atomic E-state index is 14.1. The van der Waals surface area contributed by atoms with Crippen LogP contribution in [0, 0.1) is 23.5 Å². The fourth-order valence-electron chi connectivity index (χ4n) is 3.09. The Morgan fingerprint density at radius 2 is 1.91 bits per heavy atom. The molecule has 0 aliphatic heterocycles. The molecule has 1 atom stereocenters. The molecule has 3 aromatic heterocycles. The maximum absolute atomic E-state index is 14.1. The minimum atomic E-state index is -2.03. The van der Waals surface area contributed by atoms with Crippen LogP contribution in [0.15, 0.2) is 59.9 Å². The molecule has 0 fully saturated rings. The zero-order valence-corrected chi connectivity index (χ0v) is 19.3. The minimum absolute atomic E-state index is 0.153. The van der Waals surface area contributed by atoms with E-state index in [0.717, 1.165) is 17.7 Å². The average molecular weight is 483 g/mol.